The van der Waals surface area contributed by atoms with Crippen molar-refractivity contribution < 1.29 is 19.1 Å². The highest BCUT2D eigenvalue weighted by molar-refractivity contribution is 5.94. The lowest BCUT2D eigenvalue weighted by molar-refractivity contribution is 0.0454. The molecule has 0 fully saturated rings. The van der Waals surface area contributed by atoms with Crippen molar-refractivity contribution in [3.63, 3.8) is 0 Å². The lowest BCUT2D eigenvalue weighted by Gasteiger charge is -2.06. The second-order valence-corrected chi connectivity index (χ2v) is 5.36. The Hall–Kier alpha value is -3.62. The number of carbonyl (C=O) groups excluding carboxylic acids is 2. The molecule has 0 saturated heterocycles. The van der Waals surface area contributed by atoms with Crippen molar-refractivity contribution in [2.75, 3.05) is 7.11 Å². The molecule has 0 saturated carbocycles. The van der Waals surface area contributed by atoms with Crippen molar-refractivity contribution in [3.05, 3.63) is 63.7 Å². The van der Waals surface area contributed by atoms with E-state index in [0.717, 1.165) is 0 Å². The smallest absolute Gasteiger partial charge is 0.358 e. The highest BCUT2D eigenvalue weighted by Crippen LogP contribution is 2.12. The molecular weight excluding hydrogens is 340 g/mol. The Kier molecular flexibility index (Phi) is 4.70. The van der Waals surface area contributed by atoms with Crippen molar-refractivity contribution >= 4 is 22.8 Å². The van der Waals surface area contributed by atoms with Crippen LogP contribution in [-0.4, -0.2) is 39.0 Å². The molecule has 0 aliphatic rings. The van der Waals surface area contributed by atoms with E-state index >= 15 is 0 Å². The highest BCUT2D eigenvalue weighted by Gasteiger charge is 2.13. The van der Waals surface area contributed by atoms with E-state index in [9.17, 15) is 14.4 Å². The molecule has 0 radical (unpaired) electrons. The summed E-state index contributed by atoms with van der Waals surface area (Å²) >= 11 is 0. The second kappa shape index (κ2) is 7.09. The van der Waals surface area contributed by atoms with Crippen LogP contribution >= 0.6 is 0 Å². The summed E-state index contributed by atoms with van der Waals surface area (Å²) in [7, 11) is 1.26. The number of ether oxygens (including phenoxy) is 2. The number of fused-ring (bicyclic) bond motifs is 1. The first-order chi connectivity index (χ1) is 12.5. The van der Waals surface area contributed by atoms with Gasteiger partial charge in [-0.1, -0.05) is 0 Å². The number of rotatable bonds is 4. The van der Waals surface area contributed by atoms with Crippen LogP contribution in [0, 0.1) is 6.92 Å². The lowest BCUT2D eigenvalue weighted by atomic mass is 10.1. The number of aryl methyl sites for hydroxylation is 1. The van der Waals surface area contributed by atoms with E-state index < -0.39 is 17.5 Å². The van der Waals surface area contributed by atoms with Gasteiger partial charge >= 0.3 is 11.9 Å². The van der Waals surface area contributed by atoms with Gasteiger partial charge < -0.3 is 14.5 Å². The average molecular weight is 354 g/mol. The molecule has 9 heteroatoms. The number of hydrogen-bond donors (Lipinski definition) is 1. The standard InChI is InChI=1S/C17H14N4O5/c1-9-6-19-13(7-18-9)17(24)26-8-14-20-12-5-10(16(23)25-2)3-4-11(12)15(22)21-14/h3-7H,8H2,1-2H3,(H,20,21,22). The summed E-state index contributed by atoms with van der Waals surface area (Å²) in [6, 6.07) is 4.39. The number of aromatic amines is 1. The topological polar surface area (TPSA) is 124 Å². The van der Waals surface area contributed by atoms with E-state index in [2.05, 4.69) is 24.7 Å². The summed E-state index contributed by atoms with van der Waals surface area (Å²) in [6.07, 6.45) is 2.75. The lowest BCUT2D eigenvalue weighted by Crippen LogP contribution is -2.15. The van der Waals surface area contributed by atoms with E-state index in [-0.39, 0.29) is 29.2 Å². The van der Waals surface area contributed by atoms with Gasteiger partial charge in [0, 0.05) is 6.20 Å². The molecule has 0 aliphatic carbocycles. The number of hydrogen-bond acceptors (Lipinski definition) is 8. The quantitative estimate of drug-likeness (QED) is 0.692. The van der Waals surface area contributed by atoms with Crippen LogP contribution in [0.5, 0.6) is 0 Å². The SMILES string of the molecule is COC(=O)c1ccc2c(=O)[nH]c(COC(=O)c3cnc(C)cn3)nc2c1. The first-order valence-corrected chi connectivity index (χ1v) is 7.55. The van der Waals surface area contributed by atoms with Gasteiger partial charge in [-0.2, -0.15) is 0 Å². The summed E-state index contributed by atoms with van der Waals surface area (Å²) in [5.74, 6) is -1.10. The van der Waals surface area contributed by atoms with Crippen molar-refractivity contribution in [2.24, 2.45) is 0 Å². The molecule has 132 valence electrons. The summed E-state index contributed by atoms with van der Waals surface area (Å²) < 4.78 is 9.74. The zero-order chi connectivity index (χ0) is 18.7. The number of benzene rings is 1. The van der Waals surface area contributed by atoms with Crippen LogP contribution in [0.2, 0.25) is 0 Å². The fourth-order valence-electron chi connectivity index (χ4n) is 2.21. The molecule has 2 heterocycles. The van der Waals surface area contributed by atoms with E-state index in [1.54, 1.807) is 6.92 Å². The zero-order valence-electron chi connectivity index (χ0n) is 14.0. The Morgan fingerprint density at radius 2 is 1.96 bits per heavy atom. The van der Waals surface area contributed by atoms with Gasteiger partial charge in [-0.3, -0.25) is 9.78 Å². The predicted octanol–water partition coefficient (Wildman–Crippen LogP) is 1.17. The van der Waals surface area contributed by atoms with Gasteiger partial charge in [0.25, 0.3) is 5.56 Å². The van der Waals surface area contributed by atoms with Crippen molar-refractivity contribution in [1.82, 2.24) is 19.9 Å². The third-order valence-corrected chi connectivity index (χ3v) is 3.51. The average Bonchev–Trinajstić information content (AvgIpc) is 2.65. The highest BCUT2D eigenvalue weighted by atomic mass is 16.5. The molecular formula is C17H14N4O5. The Morgan fingerprint density at radius 1 is 1.15 bits per heavy atom. The van der Waals surface area contributed by atoms with Gasteiger partial charge in [0.2, 0.25) is 0 Å². The normalized spacial score (nSPS) is 10.5. The fourth-order valence-corrected chi connectivity index (χ4v) is 2.21. The third-order valence-electron chi connectivity index (χ3n) is 3.51. The van der Waals surface area contributed by atoms with Crippen LogP contribution in [0.15, 0.2) is 35.4 Å². The first kappa shape index (κ1) is 17.2. The summed E-state index contributed by atoms with van der Waals surface area (Å²) in [4.78, 5) is 50.3. The fraction of sp³-hybridized carbons (Fsp3) is 0.176. The molecule has 9 nitrogen and oxygen atoms in total. The van der Waals surface area contributed by atoms with Crippen LogP contribution in [0.4, 0.5) is 0 Å². The van der Waals surface area contributed by atoms with Crippen LogP contribution in [0.25, 0.3) is 10.9 Å². The molecule has 0 bridgehead atoms. The predicted molar refractivity (Wildman–Crippen MR) is 89.6 cm³/mol. The van der Waals surface area contributed by atoms with Crippen molar-refractivity contribution in [2.45, 2.75) is 13.5 Å². The summed E-state index contributed by atoms with van der Waals surface area (Å²) in [5.41, 5.74) is 0.858. The number of H-pyrrole nitrogens is 1. The van der Waals surface area contributed by atoms with E-state index in [0.29, 0.717) is 11.1 Å². The van der Waals surface area contributed by atoms with Crippen LogP contribution in [0.3, 0.4) is 0 Å². The molecule has 0 spiro atoms. The van der Waals surface area contributed by atoms with Gasteiger partial charge in [-0.05, 0) is 25.1 Å². The number of nitrogens with zero attached hydrogens (tertiary/aromatic N) is 3. The number of aromatic nitrogens is 4. The zero-order valence-corrected chi connectivity index (χ0v) is 14.0. The van der Waals surface area contributed by atoms with Gasteiger partial charge in [0.05, 0.1) is 35.5 Å². The Morgan fingerprint density at radius 3 is 2.65 bits per heavy atom. The molecule has 0 amide bonds. The number of nitrogens with one attached hydrogen (secondary N) is 1. The number of esters is 2. The molecule has 0 aliphatic heterocycles. The monoisotopic (exact) mass is 354 g/mol. The maximum absolute atomic E-state index is 12.1. The van der Waals surface area contributed by atoms with Gasteiger partial charge in [0.1, 0.15) is 12.4 Å². The summed E-state index contributed by atoms with van der Waals surface area (Å²) in [5, 5.41) is 0.303. The first-order valence-electron chi connectivity index (χ1n) is 7.55. The Bertz CT molecular complexity index is 1040. The number of methoxy groups -OCH3 is 1. The molecule has 26 heavy (non-hydrogen) atoms. The van der Waals surface area contributed by atoms with Crippen LogP contribution in [0.1, 0.15) is 32.4 Å². The molecule has 0 unspecified atom stereocenters. The molecule has 1 aromatic carbocycles. The number of carbonyl (C=O) groups is 2. The van der Waals surface area contributed by atoms with Crippen molar-refractivity contribution in [3.8, 4) is 0 Å². The molecule has 3 aromatic rings. The van der Waals surface area contributed by atoms with E-state index in [1.807, 2.05) is 0 Å². The van der Waals surface area contributed by atoms with Crippen molar-refractivity contribution in [1.29, 1.82) is 0 Å². The minimum Gasteiger partial charge on any atom is -0.465 e. The maximum atomic E-state index is 12.1. The van der Waals surface area contributed by atoms with E-state index in [1.165, 1.54) is 37.7 Å². The van der Waals surface area contributed by atoms with Gasteiger partial charge in [-0.25, -0.2) is 19.6 Å². The van der Waals surface area contributed by atoms with Gasteiger partial charge in [0.15, 0.2) is 5.69 Å². The molecule has 2 aromatic heterocycles. The minimum atomic E-state index is -0.691. The molecule has 0 atom stereocenters. The largest absolute Gasteiger partial charge is 0.465 e. The van der Waals surface area contributed by atoms with Crippen LogP contribution in [-0.2, 0) is 16.1 Å². The molecule has 3 rings (SSSR count). The Labute approximate surface area is 147 Å². The maximum Gasteiger partial charge on any atom is 0.358 e. The second-order valence-electron chi connectivity index (χ2n) is 5.36. The van der Waals surface area contributed by atoms with E-state index in [4.69, 9.17) is 4.74 Å². The third kappa shape index (κ3) is 3.56. The molecule has 1 N–H and O–H groups in total. The Balaban J connectivity index is 1.83. The van der Waals surface area contributed by atoms with Gasteiger partial charge in [-0.15, -0.1) is 0 Å². The minimum absolute atomic E-state index is 0.0479. The summed E-state index contributed by atoms with van der Waals surface area (Å²) in [6.45, 7) is 1.48. The van der Waals surface area contributed by atoms with Crippen LogP contribution < -0.4 is 5.56 Å².